The summed E-state index contributed by atoms with van der Waals surface area (Å²) < 4.78 is 4.90. The minimum Gasteiger partial charge on any atom is -0.460 e. The summed E-state index contributed by atoms with van der Waals surface area (Å²) >= 11 is 0. The third kappa shape index (κ3) is 12.0. The summed E-state index contributed by atoms with van der Waals surface area (Å²) in [5, 5.41) is 9.01. The molecule has 0 rings (SSSR count). The second-order valence-electron chi connectivity index (χ2n) is 5.28. The summed E-state index contributed by atoms with van der Waals surface area (Å²) in [6, 6.07) is 0. The van der Waals surface area contributed by atoms with E-state index < -0.39 is 6.10 Å². The first-order chi connectivity index (χ1) is 9.07. The number of unbranched alkanes of at least 4 members (excludes halogenated alkanes) is 7. The number of aliphatic hydroxyl groups is 1. The van der Waals surface area contributed by atoms with E-state index >= 15 is 0 Å². The molecule has 112 valence electrons. The van der Waals surface area contributed by atoms with Crippen LogP contribution in [-0.4, -0.2) is 23.8 Å². The van der Waals surface area contributed by atoms with Crippen LogP contribution in [0, 0.1) is 0 Å². The van der Waals surface area contributed by atoms with Crippen LogP contribution >= 0.6 is 0 Å². The lowest BCUT2D eigenvalue weighted by Gasteiger charge is -2.08. The van der Waals surface area contributed by atoms with Crippen molar-refractivity contribution in [3.8, 4) is 0 Å². The fraction of sp³-hybridized carbons (Fsp3) is 0.812. The fourth-order valence-electron chi connectivity index (χ4n) is 1.87. The molecule has 0 aromatic heterocycles. The normalized spacial score (nSPS) is 12.2. The summed E-state index contributed by atoms with van der Waals surface area (Å²) in [7, 11) is 0. The number of carbonyl (C=O) groups excluding carboxylic acids is 1. The van der Waals surface area contributed by atoms with Crippen molar-refractivity contribution in [2.45, 2.75) is 77.7 Å². The number of hydrogen-bond acceptors (Lipinski definition) is 3. The third-order valence-corrected chi connectivity index (χ3v) is 3.08. The second kappa shape index (κ2) is 12.2. The average Bonchev–Trinajstić information content (AvgIpc) is 2.38. The largest absolute Gasteiger partial charge is 0.460 e. The zero-order chi connectivity index (χ0) is 14.5. The van der Waals surface area contributed by atoms with Crippen molar-refractivity contribution in [3.05, 3.63) is 12.2 Å². The van der Waals surface area contributed by atoms with Gasteiger partial charge in [0.25, 0.3) is 0 Å². The van der Waals surface area contributed by atoms with E-state index in [1.54, 1.807) is 6.92 Å². The first-order valence-electron chi connectivity index (χ1n) is 7.60. The minimum absolute atomic E-state index is 0.0509. The van der Waals surface area contributed by atoms with Crippen molar-refractivity contribution in [2.24, 2.45) is 0 Å². The van der Waals surface area contributed by atoms with E-state index in [2.05, 4.69) is 13.5 Å². The Morgan fingerprint density at radius 3 is 2.16 bits per heavy atom. The quantitative estimate of drug-likeness (QED) is 0.331. The number of hydrogen-bond donors (Lipinski definition) is 1. The predicted octanol–water partition coefficient (Wildman–Crippen LogP) is 4.00. The fourth-order valence-corrected chi connectivity index (χ4v) is 1.87. The predicted molar refractivity (Wildman–Crippen MR) is 79.0 cm³/mol. The monoisotopic (exact) mass is 270 g/mol. The lowest BCUT2D eigenvalue weighted by molar-refractivity contribution is -0.141. The standard InChI is InChI=1S/C16H30O3/c1-4-5-6-7-8-9-10-11-12-14(2)16(18)19-13-15(3)17/h15,17H,2,4-13H2,1,3H3. The van der Waals surface area contributed by atoms with Crippen LogP contribution in [0.5, 0.6) is 0 Å². The SMILES string of the molecule is C=C(CCCCCCCCCC)C(=O)OCC(C)O. The Kier molecular flexibility index (Phi) is 11.7. The van der Waals surface area contributed by atoms with Gasteiger partial charge in [-0.05, 0) is 19.8 Å². The van der Waals surface area contributed by atoms with E-state index in [1.807, 2.05) is 0 Å². The summed E-state index contributed by atoms with van der Waals surface area (Å²) in [6.07, 6.45) is 10.1. The van der Waals surface area contributed by atoms with Gasteiger partial charge in [0.1, 0.15) is 6.61 Å². The van der Waals surface area contributed by atoms with Crippen LogP contribution in [0.2, 0.25) is 0 Å². The highest BCUT2D eigenvalue weighted by atomic mass is 16.5. The minimum atomic E-state index is -0.611. The van der Waals surface area contributed by atoms with Crippen molar-refractivity contribution in [2.75, 3.05) is 6.61 Å². The highest BCUT2D eigenvalue weighted by Gasteiger charge is 2.09. The van der Waals surface area contributed by atoms with Gasteiger partial charge in [0, 0.05) is 5.57 Å². The molecule has 0 spiro atoms. The molecule has 3 heteroatoms. The first kappa shape index (κ1) is 18.2. The van der Waals surface area contributed by atoms with Gasteiger partial charge in [0.05, 0.1) is 6.10 Å². The van der Waals surface area contributed by atoms with E-state index in [0.717, 1.165) is 12.8 Å². The molecule has 0 saturated heterocycles. The summed E-state index contributed by atoms with van der Waals surface area (Å²) in [6.45, 7) is 7.60. The van der Waals surface area contributed by atoms with Gasteiger partial charge >= 0.3 is 5.97 Å². The van der Waals surface area contributed by atoms with E-state index in [4.69, 9.17) is 9.84 Å². The Morgan fingerprint density at radius 2 is 1.63 bits per heavy atom. The smallest absolute Gasteiger partial charge is 0.333 e. The average molecular weight is 270 g/mol. The van der Waals surface area contributed by atoms with Gasteiger partial charge in [-0.15, -0.1) is 0 Å². The van der Waals surface area contributed by atoms with Gasteiger partial charge in [-0.25, -0.2) is 4.79 Å². The van der Waals surface area contributed by atoms with E-state index in [-0.39, 0.29) is 12.6 Å². The first-order valence-corrected chi connectivity index (χ1v) is 7.60. The van der Waals surface area contributed by atoms with Gasteiger partial charge in [0.15, 0.2) is 0 Å². The van der Waals surface area contributed by atoms with Gasteiger partial charge in [-0.2, -0.15) is 0 Å². The molecule has 0 aliphatic carbocycles. The van der Waals surface area contributed by atoms with Crippen molar-refractivity contribution in [3.63, 3.8) is 0 Å². The third-order valence-electron chi connectivity index (χ3n) is 3.08. The maximum Gasteiger partial charge on any atom is 0.333 e. The van der Waals surface area contributed by atoms with Crippen LogP contribution in [-0.2, 0) is 9.53 Å². The second-order valence-corrected chi connectivity index (χ2v) is 5.28. The topological polar surface area (TPSA) is 46.5 Å². The number of esters is 1. The summed E-state index contributed by atoms with van der Waals surface area (Å²) in [5.74, 6) is -0.371. The zero-order valence-corrected chi connectivity index (χ0v) is 12.6. The number of rotatable bonds is 12. The van der Waals surface area contributed by atoms with Crippen LogP contribution in [0.4, 0.5) is 0 Å². The molecule has 0 heterocycles. The molecule has 0 aromatic rings. The number of aliphatic hydroxyl groups excluding tert-OH is 1. The number of carbonyl (C=O) groups is 1. The highest BCUT2D eigenvalue weighted by molar-refractivity contribution is 5.87. The molecule has 0 amide bonds. The van der Waals surface area contributed by atoms with Crippen LogP contribution in [0.15, 0.2) is 12.2 Å². The molecule has 1 unspecified atom stereocenters. The zero-order valence-electron chi connectivity index (χ0n) is 12.6. The molecular weight excluding hydrogens is 240 g/mol. The molecule has 0 fully saturated rings. The van der Waals surface area contributed by atoms with Crippen molar-refractivity contribution < 1.29 is 14.6 Å². The molecule has 19 heavy (non-hydrogen) atoms. The molecule has 1 N–H and O–H groups in total. The van der Waals surface area contributed by atoms with Gasteiger partial charge < -0.3 is 9.84 Å². The molecule has 0 radical (unpaired) electrons. The molecule has 0 aliphatic rings. The van der Waals surface area contributed by atoms with E-state index in [9.17, 15) is 4.79 Å². The molecule has 0 aliphatic heterocycles. The van der Waals surface area contributed by atoms with E-state index in [0.29, 0.717) is 12.0 Å². The number of ether oxygens (including phenoxy) is 1. The lowest BCUT2D eigenvalue weighted by Crippen LogP contribution is -2.16. The van der Waals surface area contributed by atoms with Crippen molar-refractivity contribution >= 4 is 5.97 Å². The maximum atomic E-state index is 11.5. The molecule has 0 saturated carbocycles. The van der Waals surface area contributed by atoms with Gasteiger partial charge in [-0.3, -0.25) is 0 Å². The lowest BCUT2D eigenvalue weighted by atomic mass is 10.1. The molecule has 0 bridgehead atoms. The molecule has 3 nitrogen and oxygen atoms in total. The van der Waals surface area contributed by atoms with Crippen molar-refractivity contribution in [1.29, 1.82) is 0 Å². The van der Waals surface area contributed by atoms with Crippen molar-refractivity contribution in [1.82, 2.24) is 0 Å². The Hall–Kier alpha value is -0.830. The van der Waals surface area contributed by atoms with E-state index in [1.165, 1.54) is 38.5 Å². The van der Waals surface area contributed by atoms with Crippen LogP contribution in [0.3, 0.4) is 0 Å². The molecule has 0 aromatic carbocycles. The van der Waals surface area contributed by atoms with Crippen LogP contribution < -0.4 is 0 Å². The van der Waals surface area contributed by atoms with Gasteiger partial charge in [-0.1, -0.05) is 58.4 Å². The highest BCUT2D eigenvalue weighted by Crippen LogP contribution is 2.12. The molecule has 1 atom stereocenters. The Bertz CT molecular complexity index is 246. The summed E-state index contributed by atoms with van der Waals surface area (Å²) in [4.78, 5) is 11.5. The Labute approximate surface area is 118 Å². The maximum absolute atomic E-state index is 11.5. The summed E-state index contributed by atoms with van der Waals surface area (Å²) in [5.41, 5.74) is 0.520. The Balaban J connectivity index is 3.40. The van der Waals surface area contributed by atoms with Crippen LogP contribution in [0.1, 0.15) is 71.6 Å². The van der Waals surface area contributed by atoms with Gasteiger partial charge in [0.2, 0.25) is 0 Å². The Morgan fingerprint density at radius 1 is 1.11 bits per heavy atom. The van der Waals surface area contributed by atoms with Crippen LogP contribution in [0.25, 0.3) is 0 Å². The molecular formula is C16H30O3.